The van der Waals surface area contributed by atoms with Crippen molar-refractivity contribution in [1.82, 2.24) is 0 Å². The number of halogens is 2. The molecule has 15 heavy (non-hydrogen) atoms. The van der Waals surface area contributed by atoms with E-state index < -0.39 is 37.2 Å². The van der Waals surface area contributed by atoms with Gasteiger partial charge in [-0.1, -0.05) is 0 Å². The fourth-order valence-corrected chi connectivity index (χ4v) is 1.12. The van der Waals surface area contributed by atoms with Crippen LogP contribution in [0.25, 0.3) is 11.5 Å². The Morgan fingerprint density at radius 2 is 1.67 bits per heavy atom. The Labute approximate surface area is 117 Å². The number of aliphatic hydroxyl groups excluding tert-OH is 3. The molecule has 0 radical (unpaired) electrons. The largest absolute Gasteiger partial charge is 0.674 e. The van der Waals surface area contributed by atoms with Crippen LogP contribution in [0, 0.1) is 0 Å². The Balaban J connectivity index is 0.000000583. The maximum atomic E-state index is 9.22. The molecule has 0 aliphatic carbocycles. The Kier molecular flexibility index (Phi) is 10.1. The number of hydrogen-bond acceptors (Lipinski definition) is 4. The molecular weight excluding hydrogens is 613 g/mol. The van der Waals surface area contributed by atoms with Crippen LogP contribution in [-0.4, -0.2) is 52.5 Å². The summed E-state index contributed by atoms with van der Waals surface area (Å²) in [5, 5.41) is 26.9. The van der Waals surface area contributed by atoms with Crippen LogP contribution in [0.3, 0.4) is 0 Å². The van der Waals surface area contributed by atoms with Crippen LogP contribution in [0.2, 0.25) is 0 Å². The van der Waals surface area contributed by atoms with Crippen molar-refractivity contribution in [2.75, 3.05) is 6.61 Å². The van der Waals surface area contributed by atoms with Crippen molar-refractivity contribution < 1.29 is 31.3 Å². The SMILES string of the molecule is [I][Pt+2][I].[NH-][C@H]1C(O)O[C@H](CO)C(O)[C@@H]1[NH-]. The van der Waals surface area contributed by atoms with Gasteiger partial charge >= 0.3 is 49.9 Å². The van der Waals surface area contributed by atoms with Gasteiger partial charge in [0.2, 0.25) is 0 Å². The molecule has 1 aliphatic heterocycles. The first-order valence-electron chi connectivity index (χ1n) is 3.86. The number of nitrogens with one attached hydrogen (secondary N) is 2. The van der Waals surface area contributed by atoms with Gasteiger partial charge in [-0.3, -0.25) is 0 Å². The molecule has 0 bridgehead atoms. The molecule has 9 heteroatoms. The molecule has 0 aromatic carbocycles. The molecule has 1 saturated heterocycles. The monoisotopic (exact) mass is 625 g/mol. The second-order valence-electron chi connectivity index (χ2n) is 2.84. The minimum absolute atomic E-state index is 0.458. The van der Waals surface area contributed by atoms with Gasteiger partial charge in [-0.05, 0) is 0 Å². The Morgan fingerprint density at radius 1 is 1.20 bits per heavy atom. The van der Waals surface area contributed by atoms with Gasteiger partial charge in [0.15, 0.2) is 0 Å². The van der Waals surface area contributed by atoms with Crippen molar-refractivity contribution in [2.24, 2.45) is 0 Å². The summed E-state index contributed by atoms with van der Waals surface area (Å²) in [5.74, 6) is 0. The normalized spacial score (nSPS) is 40.9. The van der Waals surface area contributed by atoms with Crippen molar-refractivity contribution in [3.8, 4) is 0 Å². The van der Waals surface area contributed by atoms with E-state index in [2.05, 4.69) is 43.4 Å². The third kappa shape index (κ3) is 5.38. The molecule has 0 saturated carbocycles. The molecule has 0 spiro atoms. The molecule has 1 fully saturated rings. The molecule has 94 valence electrons. The van der Waals surface area contributed by atoms with Crippen molar-refractivity contribution in [1.29, 1.82) is 0 Å². The van der Waals surface area contributed by atoms with Crippen molar-refractivity contribution in [2.45, 2.75) is 30.6 Å². The molecule has 1 rings (SSSR count). The fraction of sp³-hybridized carbons (Fsp3) is 1.00. The predicted molar refractivity (Wildman–Crippen MR) is 68.2 cm³/mol. The van der Waals surface area contributed by atoms with Crippen LogP contribution in [0.5, 0.6) is 0 Å². The Bertz CT molecular complexity index is 176. The molecule has 2 unspecified atom stereocenters. The van der Waals surface area contributed by atoms with Crippen molar-refractivity contribution in [3.63, 3.8) is 0 Å². The minimum Gasteiger partial charge on any atom is -0.674 e. The zero-order chi connectivity index (χ0) is 12.0. The summed E-state index contributed by atoms with van der Waals surface area (Å²) < 4.78 is 4.68. The number of ether oxygens (including phenoxy) is 1. The summed E-state index contributed by atoms with van der Waals surface area (Å²) >= 11 is 5.30. The van der Waals surface area contributed by atoms with E-state index >= 15 is 0 Å². The van der Waals surface area contributed by atoms with E-state index in [4.69, 9.17) is 21.7 Å². The van der Waals surface area contributed by atoms with E-state index in [0.717, 1.165) is 0 Å². The molecule has 1 aliphatic rings. The summed E-state index contributed by atoms with van der Waals surface area (Å²) in [7, 11) is 0. The second-order valence-corrected chi connectivity index (χ2v) is 19.4. The van der Waals surface area contributed by atoms with Gasteiger partial charge in [0.1, 0.15) is 12.4 Å². The average Bonchev–Trinajstić information content (AvgIpc) is 2.21. The molecule has 0 amide bonds. The van der Waals surface area contributed by atoms with E-state index in [1.807, 2.05) is 0 Å². The molecule has 1 heterocycles. The third-order valence-corrected chi connectivity index (χ3v) is 1.94. The minimum atomic E-state index is -1.40. The van der Waals surface area contributed by atoms with Gasteiger partial charge in [-0.25, -0.2) is 0 Å². The molecular formula is C6H12I2N2O4Pt. The van der Waals surface area contributed by atoms with E-state index in [-0.39, 0.29) is 0 Å². The van der Waals surface area contributed by atoms with Crippen LogP contribution in [0.15, 0.2) is 0 Å². The first-order chi connectivity index (χ1) is 6.99. The van der Waals surface area contributed by atoms with Gasteiger partial charge in [-0.15, -0.1) is 12.1 Å². The topological polar surface area (TPSA) is 118 Å². The maximum absolute atomic E-state index is 9.22. The Hall–Kier alpha value is 1.91. The second kappa shape index (κ2) is 8.92. The van der Waals surface area contributed by atoms with E-state index in [9.17, 15) is 5.11 Å². The number of aliphatic hydroxyl groups is 3. The summed E-state index contributed by atoms with van der Waals surface area (Å²) in [6.07, 6.45) is -3.56. The smallest absolute Gasteiger partial charge is 0.137 e. The third-order valence-electron chi connectivity index (χ3n) is 1.94. The van der Waals surface area contributed by atoms with Gasteiger partial charge in [-0.2, -0.15) is 0 Å². The van der Waals surface area contributed by atoms with Crippen LogP contribution in [0.1, 0.15) is 0 Å². The predicted octanol–water partition coefficient (Wildman–Crippen LogP) is 0.667. The quantitative estimate of drug-likeness (QED) is 0.372. The first kappa shape index (κ1) is 16.9. The van der Waals surface area contributed by atoms with E-state index in [1.165, 1.54) is 0 Å². The van der Waals surface area contributed by atoms with Gasteiger partial charge in [0.25, 0.3) is 0 Å². The van der Waals surface area contributed by atoms with Gasteiger partial charge < -0.3 is 31.5 Å². The van der Waals surface area contributed by atoms with E-state index in [0.29, 0.717) is 11.2 Å². The van der Waals surface area contributed by atoms with Gasteiger partial charge in [0.05, 0.1) is 12.7 Å². The first-order valence-corrected chi connectivity index (χ1v) is 16.7. The standard InChI is InChI=1S/C6H12N2O4.2HI.Pt/c7-3-4(8)6(11)12-2(1-9)5(3)10;;;/h2-11H,1H2;2*1H;/q-2;;;+4/p-2/t2-,3-,4-,5?,6?;;;/m1.../s1. The molecule has 0 aromatic rings. The zero-order valence-corrected chi connectivity index (χ0v) is 14.0. The molecule has 5 atom stereocenters. The molecule has 6 nitrogen and oxygen atoms in total. The summed E-state index contributed by atoms with van der Waals surface area (Å²) in [6, 6.07) is -2.31. The average molecular weight is 625 g/mol. The van der Waals surface area contributed by atoms with Crippen molar-refractivity contribution in [3.05, 3.63) is 11.5 Å². The summed E-state index contributed by atoms with van der Waals surface area (Å²) in [5.41, 5.74) is 14.4. The summed E-state index contributed by atoms with van der Waals surface area (Å²) in [6.45, 7) is -0.458. The number of hydrogen-bond donors (Lipinski definition) is 3. The van der Waals surface area contributed by atoms with Crippen LogP contribution < -0.4 is 0 Å². The molecule has 0 aromatic heterocycles. The molecule has 5 N–H and O–H groups in total. The van der Waals surface area contributed by atoms with Crippen molar-refractivity contribution >= 4 is 38.7 Å². The van der Waals surface area contributed by atoms with E-state index in [1.54, 1.807) is 0 Å². The van der Waals surface area contributed by atoms with Crippen LogP contribution in [0.4, 0.5) is 0 Å². The van der Waals surface area contributed by atoms with Crippen LogP contribution >= 0.6 is 38.7 Å². The number of rotatable bonds is 1. The van der Waals surface area contributed by atoms with Gasteiger partial charge in [0, 0.05) is 0 Å². The Morgan fingerprint density at radius 3 is 2.07 bits per heavy atom. The summed E-state index contributed by atoms with van der Waals surface area (Å²) in [4.78, 5) is 0. The van der Waals surface area contributed by atoms with Crippen LogP contribution in [-0.2, 0) is 15.9 Å². The maximum Gasteiger partial charge on any atom is 0.137 e. The zero-order valence-electron chi connectivity index (χ0n) is 7.42. The fourth-order valence-electron chi connectivity index (χ4n) is 1.12.